The predicted octanol–water partition coefficient (Wildman–Crippen LogP) is 4.42. The molecule has 7 nitrogen and oxygen atoms in total. The van der Waals surface area contributed by atoms with Crippen molar-refractivity contribution >= 4 is 33.0 Å². The number of thiazole rings is 1. The predicted molar refractivity (Wildman–Crippen MR) is 128 cm³/mol. The first kappa shape index (κ1) is 23.9. The standard InChI is InChI=1S/C23H27N3O4S2/c1-17-24-22(16-31-17)18-9-8-10-19(15-18)32(28,29)25-21-12-5-4-11-20(21)23(27)30-14-7-6-13-26(2)3/h4-5,8-12,15-16,25H,6-7,13-14H2,1-3H3. The monoisotopic (exact) mass is 473 g/mol. The molecule has 170 valence electrons. The smallest absolute Gasteiger partial charge is 0.340 e. The van der Waals surface area contributed by atoms with Crippen molar-refractivity contribution in [2.24, 2.45) is 0 Å². The minimum atomic E-state index is -3.92. The molecule has 0 fully saturated rings. The zero-order chi connectivity index (χ0) is 23.1. The van der Waals surface area contributed by atoms with Crippen LogP contribution >= 0.6 is 11.3 Å². The average molecular weight is 474 g/mol. The Morgan fingerprint density at radius 1 is 1.12 bits per heavy atom. The first-order valence-electron chi connectivity index (χ1n) is 10.2. The van der Waals surface area contributed by atoms with Gasteiger partial charge >= 0.3 is 5.97 Å². The molecule has 32 heavy (non-hydrogen) atoms. The molecule has 0 bridgehead atoms. The number of nitrogens with one attached hydrogen (secondary N) is 1. The van der Waals surface area contributed by atoms with Crippen LogP contribution in [0.5, 0.6) is 0 Å². The third-order valence-corrected chi connectivity index (χ3v) is 6.82. The van der Waals surface area contributed by atoms with Gasteiger partial charge in [0.1, 0.15) is 0 Å². The van der Waals surface area contributed by atoms with E-state index in [1.165, 1.54) is 17.4 Å². The summed E-state index contributed by atoms with van der Waals surface area (Å²) in [4.78, 5) is 19.1. The van der Waals surface area contributed by atoms with Crippen molar-refractivity contribution in [3.63, 3.8) is 0 Å². The third-order valence-electron chi connectivity index (χ3n) is 4.68. The van der Waals surface area contributed by atoms with Crippen LogP contribution in [0.25, 0.3) is 11.3 Å². The lowest BCUT2D eigenvalue weighted by Crippen LogP contribution is -2.17. The minimum absolute atomic E-state index is 0.0903. The van der Waals surface area contributed by atoms with E-state index in [9.17, 15) is 13.2 Å². The number of esters is 1. The van der Waals surface area contributed by atoms with Crippen LogP contribution < -0.4 is 4.72 Å². The van der Waals surface area contributed by atoms with Gasteiger partial charge in [-0.1, -0.05) is 24.3 Å². The lowest BCUT2D eigenvalue weighted by Gasteiger charge is -2.13. The first-order chi connectivity index (χ1) is 15.3. The zero-order valence-corrected chi connectivity index (χ0v) is 20.0. The van der Waals surface area contributed by atoms with Crippen LogP contribution in [-0.2, 0) is 14.8 Å². The number of aromatic nitrogens is 1. The lowest BCUT2D eigenvalue weighted by atomic mass is 10.2. The molecule has 2 aromatic carbocycles. The van der Waals surface area contributed by atoms with E-state index in [0.29, 0.717) is 5.56 Å². The molecule has 0 saturated heterocycles. The summed E-state index contributed by atoms with van der Waals surface area (Å²) in [5, 5.41) is 2.79. The summed E-state index contributed by atoms with van der Waals surface area (Å²) in [5.41, 5.74) is 1.79. The number of unbranched alkanes of at least 4 members (excludes halogenated alkanes) is 1. The molecule has 0 unspecified atom stereocenters. The van der Waals surface area contributed by atoms with Gasteiger partial charge in [-0.05, 0) is 64.7 Å². The van der Waals surface area contributed by atoms with Crippen LogP contribution in [0.15, 0.2) is 58.8 Å². The Balaban J connectivity index is 1.74. The minimum Gasteiger partial charge on any atom is -0.462 e. The number of nitrogens with zero attached hydrogens (tertiary/aromatic N) is 2. The summed E-state index contributed by atoms with van der Waals surface area (Å²) in [6.07, 6.45) is 1.64. The molecule has 0 aliphatic rings. The Hall–Kier alpha value is -2.75. The van der Waals surface area contributed by atoms with Crippen LogP contribution in [-0.4, -0.2) is 51.5 Å². The van der Waals surface area contributed by atoms with Gasteiger partial charge in [-0.15, -0.1) is 11.3 Å². The summed E-state index contributed by atoms with van der Waals surface area (Å²) in [7, 11) is 0.0568. The maximum Gasteiger partial charge on any atom is 0.340 e. The molecule has 9 heteroatoms. The van der Waals surface area contributed by atoms with E-state index < -0.39 is 16.0 Å². The summed E-state index contributed by atoms with van der Waals surface area (Å²) < 4.78 is 34.0. The lowest BCUT2D eigenvalue weighted by molar-refractivity contribution is 0.0498. The summed E-state index contributed by atoms with van der Waals surface area (Å²) >= 11 is 1.50. The largest absolute Gasteiger partial charge is 0.462 e. The molecule has 0 saturated carbocycles. The Kier molecular flexibility index (Phi) is 8.00. The fourth-order valence-corrected chi connectivity index (χ4v) is 4.79. The zero-order valence-electron chi connectivity index (χ0n) is 18.4. The highest BCUT2D eigenvalue weighted by atomic mass is 32.2. The number of carbonyl (C=O) groups excluding carboxylic acids is 1. The maximum atomic E-state index is 13.0. The molecule has 3 rings (SSSR count). The number of carbonyl (C=O) groups is 1. The normalized spacial score (nSPS) is 11.5. The molecule has 1 N–H and O–H groups in total. The number of ether oxygens (including phenoxy) is 1. The van der Waals surface area contributed by atoms with E-state index in [1.54, 1.807) is 36.4 Å². The number of anilines is 1. The van der Waals surface area contributed by atoms with Crippen LogP contribution in [0, 0.1) is 6.92 Å². The molecule has 1 heterocycles. The van der Waals surface area contributed by atoms with Gasteiger partial charge in [0.15, 0.2) is 0 Å². The van der Waals surface area contributed by atoms with Crippen LogP contribution in [0.3, 0.4) is 0 Å². The first-order valence-corrected chi connectivity index (χ1v) is 12.6. The quantitative estimate of drug-likeness (QED) is 0.346. The van der Waals surface area contributed by atoms with E-state index >= 15 is 0 Å². The van der Waals surface area contributed by atoms with Gasteiger partial charge in [0.2, 0.25) is 0 Å². The topological polar surface area (TPSA) is 88.6 Å². The number of para-hydroxylation sites is 1. The van der Waals surface area contributed by atoms with Crippen molar-refractivity contribution in [1.29, 1.82) is 0 Å². The van der Waals surface area contributed by atoms with Crippen molar-refractivity contribution < 1.29 is 17.9 Å². The van der Waals surface area contributed by atoms with E-state index in [4.69, 9.17) is 4.74 Å². The van der Waals surface area contributed by atoms with Gasteiger partial charge in [0.05, 0.1) is 33.5 Å². The number of benzene rings is 2. The molecule has 0 atom stereocenters. The fourth-order valence-electron chi connectivity index (χ4n) is 3.05. The molecular weight excluding hydrogens is 446 g/mol. The van der Waals surface area contributed by atoms with Gasteiger partial charge in [0, 0.05) is 10.9 Å². The molecule has 0 radical (unpaired) electrons. The summed E-state index contributed by atoms with van der Waals surface area (Å²) in [5.74, 6) is -0.556. The average Bonchev–Trinajstić information content (AvgIpc) is 3.20. The van der Waals surface area contributed by atoms with Crippen LogP contribution in [0.4, 0.5) is 5.69 Å². The van der Waals surface area contributed by atoms with Gasteiger partial charge in [-0.25, -0.2) is 18.2 Å². The highest BCUT2D eigenvalue weighted by molar-refractivity contribution is 7.92. The van der Waals surface area contributed by atoms with Crippen molar-refractivity contribution in [2.45, 2.75) is 24.7 Å². The Bertz CT molecular complexity index is 1170. The number of hydrogen-bond acceptors (Lipinski definition) is 7. The van der Waals surface area contributed by atoms with Gasteiger partial charge in [-0.3, -0.25) is 4.72 Å². The molecule has 1 aromatic heterocycles. The van der Waals surface area contributed by atoms with E-state index in [-0.39, 0.29) is 22.8 Å². The van der Waals surface area contributed by atoms with Crippen molar-refractivity contribution in [2.75, 3.05) is 32.0 Å². The third kappa shape index (κ3) is 6.38. The second kappa shape index (κ2) is 10.7. The van der Waals surface area contributed by atoms with E-state index in [1.807, 2.05) is 32.5 Å². The number of rotatable bonds is 10. The molecule has 0 spiro atoms. The van der Waals surface area contributed by atoms with Crippen LogP contribution in [0.1, 0.15) is 28.2 Å². The molecular formula is C23H27N3O4S2. The van der Waals surface area contributed by atoms with E-state index in [2.05, 4.69) is 14.6 Å². The highest BCUT2D eigenvalue weighted by Gasteiger charge is 2.20. The van der Waals surface area contributed by atoms with Crippen molar-refractivity contribution in [1.82, 2.24) is 9.88 Å². The molecule has 0 aliphatic heterocycles. The molecule has 3 aromatic rings. The number of sulfonamides is 1. The van der Waals surface area contributed by atoms with Gasteiger partial charge < -0.3 is 9.64 Å². The number of hydrogen-bond donors (Lipinski definition) is 1. The Morgan fingerprint density at radius 2 is 1.91 bits per heavy atom. The van der Waals surface area contributed by atoms with Crippen molar-refractivity contribution in [3.05, 3.63) is 64.5 Å². The van der Waals surface area contributed by atoms with Gasteiger partial charge in [0.25, 0.3) is 10.0 Å². The van der Waals surface area contributed by atoms with Crippen molar-refractivity contribution in [3.8, 4) is 11.3 Å². The maximum absolute atomic E-state index is 13.0. The van der Waals surface area contributed by atoms with Gasteiger partial charge in [-0.2, -0.15) is 0 Å². The Morgan fingerprint density at radius 3 is 2.62 bits per heavy atom. The summed E-state index contributed by atoms with van der Waals surface area (Å²) in [6, 6.07) is 13.0. The second-order valence-electron chi connectivity index (χ2n) is 7.58. The fraction of sp³-hybridized carbons (Fsp3) is 0.304. The highest BCUT2D eigenvalue weighted by Crippen LogP contribution is 2.26. The summed E-state index contributed by atoms with van der Waals surface area (Å²) in [6.45, 7) is 3.09. The second-order valence-corrected chi connectivity index (χ2v) is 10.3. The number of aryl methyl sites for hydroxylation is 1. The van der Waals surface area contributed by atoms with E-state index in [0.717, 1.165) is 30.1 Å². The van der Waals surface area contributed by atoms with Crippen LogP contribution in [0.2, 0.25) is 0 Å². The molecule has 0 amide bonds. The SMILES string of the molecule is Cc1nc(-c2cccc(S(=O)(=O)Nc3ccccc3C(=O)OCCCCN(C)C)c2)cs1. The Labute approximate surface area is 193 Å². The molecule has 0 aliphatic carbocycles.